The van der Waals surface area contributed by atoms with Crippen LogP contribution in [0.3, 0.4) is 0 Å². The van der Waals surface area contributed by atoms with E-state index in [0.717, 1.165) is 11.1 Å². The van der Waals surface area contributed by atoms with E-state index >= 15 is 0 Å². The van der Waals surface area contributed by atoms with E-state index in [4.69, 9.17) is 9.47 Å². The van der Waals surface area contributed by atoms with Gasteiger partial charge in [0.1, 0.15) is 11.5 Å². The lowest BCUT2D eigenvalue weighted by Crippen LogP contribution is -2.24. The molecule has 0 spiro atoms. The van der Waals surface area contributed by atoms with Crippen molar-refractivity contribution in [3.63, 3.8) is 0 Å². The number of esters is 1. The van der Waals surface area contributed by atoms with Crippen LogP contribution in [0.4, 0.5) is 5.69 Å². The zero-order valence-corrected chi connectivity index (χ0v) is 18.0. The Balaban J connectivity index is 1.47. The minimum Gasteiger partial charge on any atom is -0.483 e. The third kappa shape index (κ3) is 6.73. The van der Waals surface area contributed by atoms with Crippen molar-refractivity contribution in [1.82, 2.24) is 5.43 Å². The summed E-state index contributed by atoms with van der Waals surface area (Å²) >= 11 is 0. The van der Waals surface area contributed by atoms with Gasteiger partial charge < -0.3 is 9.47 Å². The van der Waals surface area contributed by atoms with E-state index in [2.05, 4.69) is 10.5 Å². The monoisotopic (exact) mass is 447 g/mol. The maximum Gasteiger partial charge on any atom is 0.343 e. The van der Waals surface area contributed by atoms with Crippen LogP contribution in [0.15, 0.2) is 71.8 Å². The van der Waals surface area contributed by atoms with Crippen LogP contribution in [0.1, 0.15) is 27.0 Å². The second-order valence-electron chi connectivity index (χ2n) is 7.11. The van der Waals surface area contributed by atoms with Gasteiger partial charge in [0.2, 0.25) is 0 Å². The van der Waals surface area contributed by atoms with Gasteiger partial charge in [-0.1, -0.05) is 17.7 Å². The van der Waals surface area contributed by atoms with Gasteiger partial charge in [-0.2, -0.15) is 5.10 Å². The number of non-ortho nitro benzene ring substituents is 1. The predicted molar refractivity (Wildman–Crippen MR) is 122 cm³/mol. The SMILES string of the molecule is Cc1ccc(OCC(=O)NN=Cc2ccc(OC(=O)c3ccc([N+](=O)[O-])cc3)cc2)c(C)c1. The van der Waals surface area contributed by atoms with E-state index in [1.807, 2.05) is 32.0 Å². The third-order valence-corrected chi connectivity index (χ3v) is 4.50. The molecule has 0 bridgehead atoms. The maximum absolute atomic E-state index is 12.2. The van der Waals surface area contributed by atoms with E-state index < -0.39 is 16.8 Å². The van der Waals surface area contributed by atoms with Crippen molar-refractivity contribution in [3.05, 3.63) is 99.1 Å². The summed E-state index contributed by atoms with van der Waals surface area (Å²) in [5.74, 6) is -0.109. The number of hydrazone groups is 1. The van der Waals surface area contributed by atoms with Gasteiger partial charge in [-0.05, 0) is 67.4 Å². The Morgan fingerprint density at radius 2 is 1.73 bits per heavy atom. The number of nitrogens with zero attached hydrogens (tertiary/aromatic N) is 2. The van der Waals surface area contributed by atoms with Crippen LogP contribution in [0.25, 0.3) is 0 Å². The van der Waals surface area contributed by atoms with Crippen LogP contribution in [0.2, 0.25) is 0 Å². The van der Waals surface area contributed by atoms with E-state index in [-0.39, 0.29) is 17.9 Å². The number of nitro benzene ring substituents is 1. The lowest BCUT2D eigenvalue weighted by atomic mass is 10.1. The number of hydrogen-bond acceptors (Lipinski definition) is 7. The number of hydrogen-bond donors (Lipinski definition) is 1. The zero-order chi connectivity index (χ0) is 23.8. The van der Waals surface area contributed by atoms with Crippen LogP contribution in [0, 0.1) is 24.0 Å². The molecule has 9 nitrogen and oxygen atoms in total. The molecule has 0 heterocycles. The number of nitro groups is 1. The highest BCUT2D eigenvalue weighted by atomic mass is 16.6. The molecule has 0 unspecified atom stereocenters. The van der Waals surface area contributed by atoms with Crippen molar-refractivity contribution < 1.29 is 24.0 Å². The molecule has 0 saturated heterocycles. The van der Waals surface area contributed by atoms with Gasteiger partial charge >= 0.3 is 5.97 Å². The van der Waals surface area contributed by atoms with Crippen molar-refractivity contribution in [2.75, 3.05) is 6.61 Å². The number of nitrogens with one attached hydrogen (secondary N) is 1. The quantitative estimate of drug-likeness (QED) is 0.183. The van der Waals surface area contributed by atoms with Crippen molar-refractivity contribution in [3.8, 4) is 11.5 Å². The Morgan fingerprint density at radius 1 is 1.03 bits per heavy atom. The van der Waals surface area contributed by atoms with Crippen LogP contribution in [0.5, 0.6) is 11.5 Å². The highest BCUT2D eigenvalue weighted by Crippen LogP contribution is 2.18. The Bertz CT molecular complexity index is 1190. The standard InChI is InChI=1S/C24H21N3O6/c1-16-3-12-22(17(2)13-16)32-15-23(28)26-25-14-18-4-10-21(11-5-18)33-24(29)19-6-8-20(9-7-19)27(30)31/h3-14H,15H2,1-2H3,(H,26,28). The highest BCUT2D eigenvalue weighted by molar-refractivity contribution is 5.91. The van der Waals surface area contributed by atoms with Crippen molar-refractivity contribution >= 4 is 23.8 Å². The minimum absolute atomic E-state index is 0.112. The van der Waals surface area contributed by atoms with E-state index in [9.17, 15) is 19.7 Å². The molecule has 9 heteroatoms. The predicted octanol–water partition coefficient (Wildman–Crippen LogP) is 3.96. The molecular formula is C24H21N3O6. The maximum atomic E-state index is 12.2. The Labute approximate surface area is 189 Å². The normalized spacial score (nSPS) is 10.6. The first-order valence-electron chi connectivity index (χ1n) is 9.90. The van der Waals surface area contributed by atoms with Crippen molar-refractivity contribution in [2.24, 2.45) is 5.10 Å². The summed E-state index contributed by atoms with van der Waals surface area (Å²) in [5.41, 5.74) is 5.19. The molecule has 168 valence electrons. The van der Waals surface area contributed by atoms with Gasteiger partial charge in [0.25, 0.3) is 11.6 Å². The van der Waals surface area contributed by atoms with Gasteiger partial charge in [-0.15, -0.1) is 0 Å². The highest BCUT2D eigenvalue weighted by Gasteiger charge is 2.11. The van der Waals surface area contributed by atoms with Crippen molar-refractivity contribution in [2.45, 2.75) is 13.8 Å². The van der Waals surface area contributed by atoms with Crippen LogP contribution < -0.4 is 14.9 Å². The smallest absolute Gasteiger partial charge is 0.343 e. The first-order valence-corrected chi connectivity index (χ1v) is 9.90. The minimum atomic E-state index is -0.637. The number of carbonyl (C=O) groups excluding carboxylic acids is 2. The fourth-order valence-electron chi connectivity index (χ4n) is 2.82. The second kappa shape index (κ2) is 10.7. The number of benzene rings is 3. The molecule has 0 aromatic heterocycles. The molecule has 33 heavy (non-hydrogen) atoms. The lowest BCUT2D eigenvalue weighted by Gasteiger charge is -2.08. The molecule has 0 saturated carbocycles. The fourth-order valence-corrected chi connectivity index (χ4v) is 2.82. The summed E-state index contributed by atoms with van der Waals surface area (Å²) in [6.45, 7) is 3.72. The average Bonchev–Trinajstić information content (AvgIpc) is 2.79. The van der Waals surface area contributed by atoms with E-state index in [0.29, 0.717) is 17.1 Å². The molecule has 3 rings (SSSR count). The largest absolute Gasteiger partial charge is 0.483 e. The molecule has 1 N–H and O–H groups in total. The molecule has 0 atom stereocenters. The summed E-state index contributed by atoms with van der Waals surface area (Å²) in [4.78, 5) is 34.2. The van der Waals surface area contributed by atoms with Gasteiger partial charge in [-0.25, -0.2) is 10.2 Å². The van der Waals surface area contributed by atoms with Crippen LogP contribution in [-0.2, 0) is 4.79 Å². The fraction of sp³-hybridized carbons (Fsp3) is 0.125. The molecule has 3 aromatic carbocycles. The number of rotatable bonds is 8. The Kier molecular flexibility index (Phi) is 7.48. The van der Waals surface area contributed by atoms with Crippen molar-refractivity contribution in [1.29, 1.82) is 0 Å². The number of amides is 1. The van der Waals surface area contributed by atoms with Crippen LogP contribution in [-0.4, -0.2) is 29.6 Å². The topological polar surface area (TPSA) is 120 Å². The lowest BCUT2D eigenvalue weighted by molar-refractivity contribution is -0.384. The molecule has 1 amide bonds. The van der Waals surface area contributed by atoms with Crippen LogP contribution >= 0.6 is 0 Å². The Hall–Kier alpha value is -4.53. The van der Waals surface area contributed by atoms with Gasteiger partial charge in [0.15, 0.2) is 6.61 Å². The summed E-state index contributed by atoms with van der Waals surface area (Å²) in [6.07, 6.45) is 1.44. The molecule has 0 fully saturated rings. The summed E-state index contributed by atoms with van der Waals surface area (Å²) in [6, 6.07) is 17.3. The van der Waals surface area contributed by atoms with E-state index in [1.54, 1.807) is 24.3 Å². The van der Waals surface area contributed by atoms with Gasteiger partial charge in [0.05, 0.1) is 16.7 Å². The number of aryl methyl sites for hydroxylation is 2. The molecule has 0 aliphatic heterocycles. The van der Waals surface area contributed by atoms with Gasteiger partial charge in [0, 0.05) is 12.1 Å². The van der Waals surface area contributed by atoms with Gasteiger partial charge in [-0.3, -0.25) is 14.9 Å². The molecule has 3 aromatic rings. The zero-order valence-electron chi connectivity index (χ0n) is 18.0. The summed E-state index contributed by atoms with van der Waals surface area (Å²) in [5, 5.41) is 14.6. The first-order chi connectivity index (χ1) is 15.8. The molecule has 0 radical (unpaired) electrons. The number of carbonyl (C=O) groups is 2. The second-order valence-corrected chi connectivity index (χ2v) is 7.11. The third-order valence-electron chi connectivity index (χ3n) is 4.50. The molecule has 0 aliphatic rings. The average molecular weight is 447 g/mol. The molecule has 0 aliphatic carbocycles. The summed E-state index contributed by atoms with van der Waals surface area (Å²) < 4.78 is 10.7. The first kappa shape index (κ1) is 23.1. The Morgan fingerprint density at radius 3 is 2.36 bits per heavy atom. The number of ether oxygens (including phenoxy) is 2. The molecular weight excluding hydrogens is 426 g/mol. The van der Waals surface area contributed by atoms with E-state index in [1.165, 1.54) is 30.5 Å². The summed E-state index contributed by atoms with van der Waals surface area (Å²) in [7, 11) is 0.